The Bertz CT molecular complexity index is 68.0. The molecule has 2 heteroatoms. The predicted octanol–water partition coefficient (Wildman–Crippen LogP) is 2.52. The molecule has 0 aromatic rings. The number of hydrogen-bond acceptors (Lipinski definition) is 2. The summed E-state index contributed by atoms with van der Waals surface area (Å²) >= 11 is 2.03. The zero-order valence-electron chi connectivity index (χ0n) is 8.02. The predicted molar refractivity (Wildman–Crippen MR) is 55.4 cm³/mol. The average Bonchev–Trinajstić information content (AvgIpc) is 2.05. The first kappa shape index (κ1) is 11.3. The van der Waals surface area contributed by atoms with Gasteiger partial charge in [0.15, 0.2) is 0 Å². The van der Waals surface area contributed by atoms with Gasteiger partial charge in [-0.1, -0.05) is 20.8 Å². The van der Waals surface area contributed by atoms with E-state index < -0.39 is 0 Å². The van der Waals surface area contributed by atoms with Crippen LogP contribution in [0.5, 0.6) is 0 Å². The SMILES string of the molecule is CCCNC(CC)CSCC. The van der Waals surface area contributed by atoms with Crippen LogP contribution in [0.1, 0.15) is 33.6 Å². The van der Waals surface area contributed by atoms with Gasteiger partial charge in [-0.25, -0.2) is 0 Å². The molecule has 0 aromatic carbocycles. The highest BCUT2D eigenvalue weighted by Crippen LogP contribution is 2.04. The van der Waals surface area contributed by atoms with E-state index >= 15 is 0 Å². The van der Waals surface area contributed by atoms with Crippen molar-refractivity contribution >= 4 is 11.8 Å². The van der Waals surface area contributed by atoms with Crippen molar-refractivity contribution in [2.45, 2.75) is 39.7 Å². The molecule has 0 amide bonds. The average molecular weight is 175 g/mol. The Morgan fingerprint density at radius 3 is 2.45 bits per heavy atom. The summed E-state index contributed by atoms with van der Waals surface area (Å²) in [6, 6.07) is 0.736. The maximum absolute atomic E-state index is 3.53. The van der Waals surface area contributed by atoms with Gasteiger partial charge in [0.25, 0.3) is 0 Å². The van der Waals surface area contributed by atoms with Gasteiger partial charge >= 0.3 is 0 Å². The van der Waals surface area contributed by atoms with Crippen LogP contribution in [-0.2, 0) is 0 Å². The second-order valence-corrected chi connectivity index (χ2v) is 4.04. The van der Waals surface area contributed by atoms with E-state index in [0.717, 1.165) is 6.04 Å². The van der Waals surface area contributed by atoms with Gasteiger partial charge in [-0.05, 0) is 25.1 Å². The van der Waals surface area contributed by atoms with Gasteiger partial charge in [-0.3, -0.25) is 0 Å². The molecule has 68 valence electrons. The summed E-state index contributed by atoms with van der Waals surface area (Å²) in [7, 11) is 0. The molecule has 0 saturated carbocycles. The molecule has 1 unspecified atom stereocenters. The van der Waals surface area contributed by atoms with Crippen LogP contribution >= 0.6 is 11.8 Å². The second kappa shape index (κ2) is 8.41. The Kier molecular flexibility index (Phi) is 8.64. The first-order valence-corrected chi connectivity index (χ1v) is 5.81. The lowest BCUT2D eigenvalue weighted by atomic mass is 10.2. The molecular weight excluding hydrogens is 154 g/mol. The molecule has 0 rings (SSSR count). The summed E-state index contributed by atoms with van der Waals surface area (Å²) in [6.07, 6.45) is 2.50. The fourth-order valence-corrected chi connectivity index (χ4v) is 1.80. The minimum Gasteiger partial charge on any atom is -0.313 e. The molecule has 1 N–H and O–H groups in total. The van der Waals surface area contributed by atoms with Crippen LogP contribution < -0.4 is 5.32 Å². The van der Waals surface area contributed by atoms with Crippen molar-refractivity contribution in [3.8, 4) is 0 Å². The minimum absolute atomic E-state index is 0.736. The molecule has 11 heavy (non-hydrogen) atoms. The van der Waals surface area contributed by atoms with Crippen molar-refractivity contribution in [1.82, 2.24) is 5.32 Å². The van der Waals surface area contributed by atoms with Crippen LogP contribution in [0.2, 0.25) is 0 Å². The first-order chi connectivity index (χ1) is 5.35. The Labute approximate surface area is 75.3 Å². The van der Waals surface area contributed by atoms with Crippen LogP contribution in [0, 0.1) is 0 Å². The van der Waals surface area contributed by atoms with Gasteiger partial charge in [0.05, 0.1) is 0 Å². The normalized spacial score (nSPS) is 13.4. The third-order valence-corrected chi connectivity index (χ3v) is 2.75. The van der Waals surface area contributed by atoms with E-state index in [-0.39, 0.29) is 0 Å². The highest BCUT2D eigenvalue weighted by atomic mass is 32.2. The van der Waals surface area contributed by atoms with Crippen molar-refractivity contribution in [3.05, 3.63) is 0 Å². The molecule has 0 aliphatic rings. The lowest BCUT2D eigenvalue weighted by molar-refractivity contribution is 0.539. The molecule has 0 saturated heterocycles. The maximum atomic E-state index is 3.53. The summed E-state index contributed by atoms with van der Waals surface area (Å²) in [4.78, 5) is 0. The van der Waals surface area contributed by atoms with Crippen LogP contribution in [0.25, 0.3) is 0 Å². The second-order valence-electron chi connectivity index (χ2n) is 2.72. The molecule has 0 aromatic heterocycles. The molecule has 0 aliphatic heterocycles. The van der Waals surface area contributed by atoms with E-state index in [1.807, 2.05) is 11.8 Å². The highest BCUT2D eigenvalue weighted by Gasteiger charge is 2.02. The van der Waals surface area contributed by atoms with Crippen molar-refractivity contribution < 1.29 is 0 Å². The van der Waals surface area contributed by atoms with E-state index in [4.69, 9.17) is 0 Å². The number of rotatable bonds is 7. The van der Waals surface area contributed by atoms with Gasteiger partial charge in [-0.15, -0.1) is 0 Å². The van der Waals surface area contributed by atoms with Crippen LogP contribution in [0.3, 0.4) is 0 Å². The lowest BCUT2D eigenvalue weighted by Gasteiger charge is -2.15. The molecule has 0 aliphatic carbocycles. The zero-order chi connectivity index (χ0) is 8.53. The molecule has 0 radical (unpaired) electrons. The van der Waals surface area contributed by atoms with Crippen LogP contribution in [-0.4, -0.2) is 24.1 Å². The standard InChI is InChI=1S/C9H21NS/c1-4-7-10-9(5-2)8-11-6-3/h9-10H,4-8H2,1-3H3. The van der Waals surface area contributed by atoms with E-state index in [9.17, 15) is 0 Å². The van der Waals surface area contributed by atoms with Gasteiger partial charge in [-0.2, -0.15) is 11.8 Å². The van der Waals surface area contributed by atoms with Crippen molar-refractivity contribution in [1.29, 1.82) is 0 Å². The number of thioether (sulfide) groups is 1. The monoisotopic (exact) mass is 175 g/mol. The molecule has 0 heterocycles. The minimum atomic E-state index is 0.736. The van der Waals surface area contributed by atoms with Crippen molar-refractivity contribution in [3.63, 3.8) is 0 Å². The molecule has 0 spiro atoms. The Morgan fingerprint density at radius 2 is 2.00 bits per heavy atom. The lowest BCUT2D eigenvalue weighted by Crippen LogP contribution is -2.31. The zero-order valence-corrected chi connectivity index (χ0v) is 8.84. The van der Waals surface area contributed by atoms with E-state index in [1.165, 1.54) is 30.9 Å². The molecule has 1 atom stereocenters. The Balaban J connectivity index is 3.25. The van der Waals surface area contributed by atoms with Crippen molar-refractivity contribution in [2.24, 2.45) is 0 Å². The summed E-state index contributed by atoms with van der Waals surface area (Å²) in [5, 5.41) is 3.53. The summed E-state index contributed by atoms with van der Waals surface area (Å²) < 4.78 is 0. The van der Waals surface area contributed by atoms with Gasteiger partial charge in [0.1, 0.15) is 0 Å². The van der Waals surface area contributed by atoms with Crippen molar-refractivity contribution in [2.75, 3.05) is 18.1 Å². The van der Waals surface area contributed by atoms with Gasteiger partial charge < -0.3 is 5.32 Å². The van der Waals surface area contributed by atoms with Crippen LogP contribution in [0.15, 0.2) is 0 Å². The summed E-state index contributed by atoms with van der Waals surface area (Å²) in [5.74, 6) is 2.51. The Morgan fingerprint density at radius 1 is 1.27 bits per heavy atom. The Hall–Kier alpha value is 0.310. The number of hydrogen-bond donors (Lipinski definition) is 1. The fraction of sp³-hybridized carbons (Fsp3) is 1.00. The summed E-state index contributed by atoms with van der Waals surface area (Å²) in [6.45, 7) is 7.86. The third-order valence-electron chi connectivity index (χ3n) is 1.70. The highest BCUT2D eigenvalue weighted by molar-refractivity contribution is 7.99. The molecule has 0 bridgehead atoms. The third kappa shape index (κ3) is 6.70. The topological polar surface area (TPSA) is 12.0 Å². The maximum Gasteiger partial charge on any atom is 0.0155 e. The fourth-order valence-electron chi connectivity index (χ4n) is 0.930. The van der Waals surface area contributed by atoms with E-state index in [2.05, 4.69) is 26.1 Å². The van der Waals surface area contributed by atoms with E-state index in [1.54, 1.807) is 0 Å². The quantitative estimate of drug-likeness (QED) is 0.638. The van der Waals surface area contributed by atoms with Crippen LogP contribution in [0.4, 0.5) is 0 Å². The molecule has 0 fully saturated rings. The van der Waals surface area contributed by atoms with Gasteiger partial charge in [0, 0.05) is 11.8 Å². The molecular formula is C9H21NS. The largest absolute Gasteiger partial charge is 0.313 e. The first-order valence-electron chi connectivity index (χ1n) is 4.66. The smallest absolute Gasteiger partial charge is 0.0155 e. The number of nitrogens with one attached hydrogen (secondary N) is 1. The van der Waals surface area contributed by atoms with E-state index in [0.29, 0.717) is 0 Å². The molecule has 1 nitrogen and oxygen atoms in total. The summed E-state index contributed by atoms with van der Waals surface area (Å²) in [5.41, 5.74) is 0. The van der Waals surface area contributed by atoms with Gasteiger partial charge in [0.2, 0.25) is 0 Å².